The lowest BCUT2D eigenvalue weighted by Crippen LogP contribution is -2.44. The van der Waals surface area contributed by atoms with Gasteiger partial charge in [0.1, 0.15) is 0 Å². The molecule has 1 saturated carbocycles. The first-order valence-electron chi connectivity index (χ1n) is 7.21. The molecule has 3 nitrogen and oxygen atoms in total. The van der Waals surface area contributed by atoms with E-state index >= 15 is 0 Å². The van der Waals surface area contributed by atoms with Crippen LogP contribution in [-0.4, -0.2) is 29.1 Å². The Kier molecular flexibility index (Phi) is 4.08. The molecule has 1 N–H and O–H groups in total. The van der Waals surface area contributed by atoms with Crippen LogP contribution in [0.3, 0.4) is 0 Å². The molecular formula is C14H26N2O. The Bertz CT molecular complexity index is 271. The standard InChI is InChI=1S/C14H26N2O/c1-4-5-13-14(17)16(11(3)15-13)12-8-6-10(2)7-9-12/h10-13,15H,4-9H2,1-3H3. The quantitative estimate of drug-likeness (QED) is 0.819. The first-order valence-corrected chi connectivity index (χ1v) is 7.21. The Hall–Kier alpha value is -0.570. The number of amides is 1. The molecule has 98 valence electrons. The normalized spacial score (nSPS) is 38.8. The van der Waals surface area contributed by atoms with Gasteiger partial charge in [0.2, 0.25) is 5.91 Å². The molecule has 0 bridgehead atoms. The van der Waals surface area contributed by atoms with Crippen molar-refractivity contribution in [2.24, 2.45) is 5.92 Å². The van der Waals surface area contributed by atoms with Gasteiger partial charge in [0, 0.05) is 6.04 Å². The molecule has 1 aliphatic heterocycles. The third-order valence-electron chi connectivity index (χ3n) is 4.37. The van der Waals surface area contributed by atoms with Crippen LogP contribution in [0.4, 0.5) is 0 Å². The van der Waals surface area contributed by atoms with Crippen molar-refractivity contribution in [2.45, 2.75) is 77.5 Å². The van der Waals surface area contributed by atoms with Crippen molar-refractivity contribution in [3.05, 3.63) is 0 Å². The predicted octanol–water partition coefficient (Wildman–Crippen LogP) is 2.51. The first-order chi connectivity index (χ1) is 8.13. The summed E-state index contributed by atoms with van der Waals surface area (Å²) in [4.78, 5) is 14.5. The molecule has 2 rings (SSSR count). The van der Waals surface area contributed by atoms with Crippen LogP contribution < -0.4 is 5.32 Å². The van der Waals surface area contributed by atoms with E-state index < -0.39 is 0 Å². The van der Waals surface area contributed by atoms with Gasteiger partial charge in [-0.1, -0.05) is 20.3 Å². The fraction of sp³-hybridized carbons (Fsp3) is 0.929. The van der Waals surface area contributed by atoms with Crippen LogP contribution in [0.1, 0.15) is 59.3 Å². The lowest BCUT2D eigenvalue weighted by Gasteiger charge is -2.35. The van der Waals surface area contributed by atoms with E-state index in [1.807, 2.05) is 0 Å². The zero-order chi connectivity index (χ0) is 12.4. The molecule has 2 unspecified atom stereocenters. The zero-order valence-corrected chi connectivity index (χ0v) is 11.4. The molecule has 17 heavy (non-hydrogen) atoms. The molecule has 2 fully saturated rings. The van der Waals surface area contributed by atoms with E-state index in [4.69, 9.17) is 0 Å². The number of nitrogens with zero attached hydrogens (tertiary/aromatic N) is 1. The molecule has 0 aromatic rings. The molecule has 0 radical (unpaired) electrons. The summed E-state index contributed by atoms with van der Waals surface area (Å²) >= 11 is 0. The van der Waals surface area contributed by atoms with Gasteiger partial charge in [-0.3, -0.25) is 10.1 Å². The third-order valence-corrected chi connectivity index (χ3v) is 4.37. The van der Waals surface area contributed by atoms with Gasteiger partial charge >= 0.3 is 0 Å². The van der Waals surface area contributed by atoms with Crippen molar-refractivity contribution in [1.82, 2.24) is 10.2 Å². The minimum absolute atomic E-state index is 0.0781. The molecule has 3 heteroatoms. The summed E-state index contributed by atoms with van der Waals surface area (Å²) in [5.74, 6) is 1.19. The van der Waals surface area contributed by atoms with E-state index in [0.29, 0.717) is 11.9 Å². The maximum atomic E-state index is 12.4. The first kappa shape index (κ1) is 12.9. The molecule has 2 aliphatic rings. The molecule has 1 saturated heterocycles. The fourth-order valence-corrected chi connectivity index (χ4v) is 3.33. The van der Waals surface area contributed by atoms with Crippen molar-refractivity contribution in [3.63, 3.8) is 0 Å². The van der Waals surface area contributed by atoms with Crippen molar-refractivity contribution >= 4 is 5.91 Å². The van der Waals surface area contributed by atoms with Gasteiger partial charge < -0.3 is 4.90 Å². The van der Waals surface area contributed by atoms with E-state index in [1.54, 1.807) is 0 Å². The van der Waals surface area contributed by atoms with E-state index in [-0.39, 0.29) is 12.2 Å². The second-order valence-corrected chi connectivity index (χ2v) is 5.84. The SMILES string of the molecule is CCCC1NC(C)N(C2CCC(C)CC2)C1=O. The third kappa shape index (κ3) is 2.65. The van der Waals surface area contributed by atoms with Gasteiger partial charge in [0.25, 0.3) is 0 Å². The number of carbonyl (C=O) groups is 1. The van der Waals surface area contributed by atoms with Gasteiger partial charge in [-0.05, 0) is 44.9 Å². The van der Waals surface area contributed by atoms with Gasteiger partial charge in [0.15, 0.2) is 0 Å². The summed E-state index contributed by atoms with van der Waals surface area (Å²) in [6.07, 6.45) is 7.22. The predicted molar refractivity (Wildman–Crippen MR) is 69.6 cm³/mol. The fourth-order valence-electron chi connectivity index (χ4n) is 3.33. The van der Waals surface area contributed by atoms with Crippen molar-refractivity contribution in [1.29, 1.82) is 0 Å². The summed E-state index contributed by atoms with van der Waals surface area (Å²) in [5, 5.41) is 3.44. The molecule has 2 atom stereocenters. The molecule has 1 amide bonds. The highest BCUT2D eigenvalue weighted by Gasteiger charge is 2.40. The minimum atomic E-state index is 0.0781. The molecule has 1 aliphatic carbocycles. The van der Waals surface area contributed by atoms with Crippen LogP contribution in [0.5, 0.6) is 0 Å². The number of nitrogens with one attached hydrogen (secondary N) is 1. The highest BCUT2D eigenvalue weighted by molar-refractivity contribution is 5.84. The monoisotopic (exact) mass is 238 g/mol. The van der Waals surface area contributed by atoms with Crippen molar-refractivity contribution < 1.29 is 4.79 Å². The number of hydrogen-bond acceptors (Lipinski definition) is 2. The van der Waals surface area contributed by atoms with E-state index in [2.05, 4.69) is 31.0 Å². The van der Waals surface area contributed by atoms with E-state index in [9.17, 15) is 4.79 Å². The van der Waals surface area contributed by atoms with Gasteiger partial charge in [0.05, 0.1) is 12.2 Å². The van der Waals surface area contributed by atoms with Crippen LogP contribution in [0, 0.1) is 5.92 Å². The van der Waals surface area contributed by atoms with Crippen LogP contribution in [-0.2, 0) is 4.79 Å². The van der Waals surface area contributed by atoms with Gasteiger partial charge in [-0.2, -0.15) is 0 Å². The summed E-state index contributed by atoms with van der Waals surface area (Å²) < 4.78 is 0. The topological polar surface area (TPSA) is 32.3 Å². The van der Waals surface area contributed by atoms with Gasteiger partial charge in [-0.25, -0.2) is 0 Å². The van der Waals surface area contributed by atoms with E-state index in [1.165, 1.54) is 25.7 Å². The van der Waals surface area contributed by atoms with E-state index in [0.717, 1.165) is 18.8 Å². The molecule has 0 spiro atoms. The lowest BCUT2D eigenvalue weighted by atomic mass is 9.86. The Morgan fingerprint density at radius 2 is 1.88 bits per heavy atom. The number of rotatable bonds is 3. The Balaban J connectivity index is 1.98. The Morgan fingerprint density at radius 3 is 2.47 bits per heavy atom. The molecule has 0 aromatic carbocycles. The van der Waals surface area contributed by atoms with Gasteiger partial charge in [-0.15, -0.1) is 0 Å². The molecule has 1 heterocycles. The van der Waals surface area contributed by atoms with Crippen LogP contribution >= 0.6 is 0 Å². The Labute approximate surface area is 105 Å². The summed E-state index contributed by atoms with van der Waals surface area (Å²) in [6.45, 7) is 6.60. The lowest BCUT2D eigenvalue weighted by molar-refractivity contribution is -0.133. The minimum Gasteiger partial charge on any atom is -0.323 e. The summed E-state index contributed by atoms with van der Waals surface area (Å²) in [7, 11) is 0. The second-order valence-electron chi connectivity index (χ2n) is 5.84. The molecular weight excluding hydrogens is 212 g/mol. The summed E-state index contributed by atoms with van der Waals surface area (Å²) in [6, 6.07) is 0.567. The maximum Gasteiger partial charge on any atom is 0.241 e. The van der Waals surface area contributed by atoms with Crippen molar-refractivity contribution in [2.75, 3.05) is 0 Å². The molecule has 0 aromatic heterocycles. The highest BCUT2D eigenvalue weighted by Crippen LogP contribution is 2.30. The number of hydrogen-bond donors (Lipinski definition) is 1. The Morgan fingerprint density at radius 1 is 1.24 bits per heavy atom. The smallest absolute Gasteiger partial charge is 0.241 e. The average Bonchev–Trinajstić information content (AvgIpc) is 2.57. The van der Waals surface area contributed by atoms with Crippen LogP contribution in [0.15, 0.2) is 0 Å². The second kappa shape index (κ2) is 5.38. The average molecular weight is 238 g/mol. The maximum absolute atomic E-state index is 12.4. The largest absolute Gasteiger partial charge is 0.323 e. The van der Waals surface area contributed by atoms with Crippen molar-refractivity contribution in [3.8, 4) is 0 Å². The zero-order valence-electron chi connectivity index (χ0n) is 11.4. The van der Waals surface area contributed by atoms with Crippen LogP contribution in [0.25, 0.3) is 0 Å². The number of carbonyl (C=O) groups excluding carboxylic acids is 1. The highest BCUT2D eigenvalue weighted by atomic mass is 16.2. The van der Waals surface area contributed by atoms with Crippen LogP contribution in [0.2, 0.25) is 0 Å². The summed E-state index contributed by atoms with van der Waals surface area (Å²) in [5.41, 5.74) is 0.